The first-order valence-electron chi connectivity index (χ1n) is 13.0. The van der Waals surface area contributed by atoms with Gasteiger partial charge in [-0.1, -0.05) is 0 Å². The van der Waals surface area contributed by atoms with Crippen LogP contribution in [0.2, 0.25) is 0 Å². The quantitative estimate of drug-likeness (QED) is 0.124. The molecule has 0 unspecified atom stereocenters. The van der Waals surface area contributed by atoms with Crippen LogP contribution < -0.4 is 7.74 Å². The normalized spacial score (nSPS) is 14.7. The van der Waals surface area contributed by atoms with Crippen LogP contribution in [0.5, 0.6) is 0 Å². The van der Waals surface area contributed by atoms with Crippen LogP contribution >= 0.6 is 0 Å². The minimum absolute atomic E-state index is 0.123. The van der Waals surface area contributed by atoms with Crippen molar-refractivity contribution in [2.45, 2.75) is 26.7 Å². The molecule has 0 amide bonds. The summed E-state index contributed by atoms with van der Waals surface area (Å²) in [6.45, 7) is 2.50. The summed E-state index contributed by atoms with van der Waals surface area (Å²) >= 11 is -5.47. The molecule has 4 aromatic rings. The maximum atomic E-state index is 17.0. The van der Waals surface area contributed by atoms with Gasteiger partial charge >= 0.3 is 237 Å². The molecule has 2 aromatic carbocycles. The predicted octanol–water partition coefficient (Wildman–Crippen LogP) is 7.51. The molecule has 9 heteroatoms. The fourth-order valence-corrected chi connectivity index (χ4v) is 14.4. The summed E-state index contributed by atoms with van der Waals surface area (Å²) in [4.78, 5) is 0. The van der Waals surface area contributed by atoms with Gasteiger partial charge in [0.25, 0.3) is 0 Å². The Morgan fingerprint density at radius 1 is 0.537 bits per heavy atom. The summed E-state index contributed by atoms with van der Waals surface area (Å²) in [5.41, 5.74) is -1.12. The van der Waals surface area contributed by atoms with Gasteiger partial charge in [-0.05, 0) is 0 Å². The molecule has 0 bridgehead atoms. The van der Waals surface area contributed by atoms with Crippen LogP contribution in [0.1, 0.15) is 24.0 Å². The summed E-state index contributed by atoms with van der Waals surface area (Å²) in [7, 11) is 0. The van der Waals surface area contributed by atoms with Gasteiger partial charge in [0.2, 0.25) is 0 Å². The zero-order valence-electron chi connectivity index (χ0n) is 22.2. The average Bonchev–Trinajstić information content (AvgIpc) is 3.77. The third kappa shape index (κ3) is 3.91. The third-order valence-electron chi connectivity index (χ3n) is 8.03. The number of hydrogen-bond donors (Lipinski definition) is 0. The van der Waals surface area contributed by atoms with Gasteiger partial charge in [-0.25, -0.2) is 0 Å². The molecular weight excluding hydrogens is 574 g/mol. The van der Waals surface area contributed by atoms with Crippen LogP contribution in [-0.2, 0) is 16.6 Å². The Hall–Kier alpha value is -3.75. The van der Waals surface area contributed by atoms with E-state index in [-0.39, 0.29) is 35.3 Å². The molecule has 0 N–H and O–H groups in total. The van der Waals surface area contributed by atoms with Crippen LogP contribution in [0.15, 0.2) is 93.3 Å². The van der Waals surface area contributed by atoms with E-state index in [4.69, 9.17) is 0 Å². The second-order valence-electron chi connectivity index (χ2n) is 10.2. The summed E-state index contributed by atoms with van der Waals surface area (Å²) in [5.74, 6) is -7.92. The average molecular weight is 598 g/mol. The molecule has 0 spiro atoms. The van der Waals surface area contributed by atoms with Crippen molar-refractivity contribution in [2.75, 3.05) is 0 Å². The maximum absolute atomic E-state index is 17.0. The minimum atomic E-state index is -5.47. The van der Waals surface area contributed by atoms with Gasteiger partial charge in [0.15, 0.2) is 0 Å². The molecule has 0 aliphatic heterocycles. The van der Waals surface area contributed by atoms with E-state index < -0.39 is 59.2 Å². The number of allylic oxidation sites excluding steroid dienone is 8. The number of benzene rings is 2. The van der Waals surface area contributed by atoms with Crippen molar-refractivity contribution in [1.29, 1.82) is 0 Å². The molecule has 0 radical (unpaired) electrons. The Balaban J connectivity index is 1.85. The van der Waals surface area contributed by atoms with Crippen LogP contribution in [0, 0.1) is 48.8 Å². The summed E-state index contributed by atoms with van der Waals surface area (Å²) < 4.78 is 100. The van der Waals surface area contributed by atoms with Crippen LogP contribution in [0.25, 0.3) is 11.4 Å². The van der Waals surface area contributed by atoms with Crippen LogP contribution in [0.4, 0.5) is 26.3 Å². The van der Waals surface area contributed by atoms with Gasteiger partial charge in [0, 0.05) is 0 Å². The first kappa shape index (κ1) is 27.4. The van der Waals surface area contributed by atoms with Gasteiger partial charge in [0.05, 0.1) is 0 Å². The van der Waals surface area contributed by atoms with E-state index in [2.05, 4.69) is 0 Å². The van der Waals surface area contributed by atoms with Gasteiger partial charge in [0.1, 0.15) is 0 Å². The first-order valence-corrected chi connectivity index (χ1v) is 16.2. The Kier molecular flexibility index (Phi) is 6.87. The predicted molar refractivity (Wildman–Crippen MR) is 144 cm³/mol. The summed E-state index contributed by atoms with van der Waals surface area (Å²) in [6, 6.07) is 6.39. The Bertz CT molecular complexity index is 1680. The first-order chi connectivity index (χ1) is 19.7. The van der Waals surface area contributed by atoms with Crippen LogP contribution in [-0.4, -0.2) is 9.13 Å². The Morgan fingerprint density at radius 2 is 0.902 bits per heavy atom. The van der Waals surface area contributed by atoms with Crippen molar-refractivity contribution >= 4 is 7.74 Å². The van der Waals surface area contributed by atoms with E-state index in [1.54, 1.807) is 60.7 Å². The van der Waals surface area contributed by atoms with Gasteiger partial charge in [-0.15, -0.1) is 0 Å². The van der Waals surface area contributed by atoms with Gasteiger partial charge in [-0.3, -0.25) is 0 Å². The van der Waals surface area contributed by atoms with Crippen molar-refractivity contribution in [3.8, 4) is 11.4 Å². The molecular formula is C32H24F6N2Ti. The molecule has 0 saturated heterocycles. The van der Waals surface area contributed by atoms with Crippen molar-refractivity contribution in [3.63, 3.8) is 0 Å². The SMILES string of the molecule is Cc1c(F)c(F)[c]([Ti]([C]2=CC=CC2)([C]2=CC=CC2)[c]2c(F)c(F)c(C)c(-n3cccc3)c2F)c(F)c1-n1cccc1. The Labute approximate surface area is 236 Å². The third-order valence-corrected chi connectivity index (χ3v) is 15.9. The molecule has 2 aliphatic rings. The van der Waals surface area contributed by atoms with Crippen LogP contribution in [0.3, 0.4) is 0 Å². The number of halogens is 6. The van der Waals surface area contributed by atoms with E-state index in [9.17, 15) is 0 Å². The second kappa shape index (κ2) is 10.3. The molecule has 0 atom stereocenters. The van der Waals surface area contributed by atoms with Gasteiger partial charge < -0.3 is 0 Å². The monoisotopic (exact) mass is 598 g/mol. The second-order valence-corrected chi connectivity index (χ2v) is 16.1. The summed E-state index contributed by atoms with van der Waals surface area (Å²) in [6.07, 6.45) is 16.0. The number of rotatable bonds is 6. The standard InChI is InChI=1S/2C11H7F3N.2C5H5.Ti/c2*1-7-10(14)8(12)6-9(13)11(7)15-4-2-3-5-15;2*1-2-4-5-3-1;/h2*2-5H,1H3;2*1-3H,4H2;. The molecule has 41 heavy (non-hydrogen) atoms. The topological polar surface area (TPSA) is 9.86 Å². The van der Waals surface area contributed by atoms with E-state index in [0.717, 1.165) is 0 Å². The fourth-order valence-electron chi connectivity index (χ4n) is 6.18. The van der Waals surface area contributed by atoms with Crippen molar-refractivity contribution < 1.29 is 42.9 Å². The van der Waals surface area contributed by atoms with Crippen molar-refractivity contribution in [1.82, 2.24) is 9.13 Å². The molecule has 0 fully saturated rings. The fraction of sp³-hybridized carbons (Fsp3) is 0.125. The number of aromatic nitrogens is 2. The van der Waals surface area contributed by atoms with E-state index in [0.29, 0.717) is 7.76 Å². The molecule has 2 aromatic heterocycles. The molecule has 2 aliphatic carbocycles. The summed E-state index contributed by atoms with van der Waals surface area (Å²) in [5, 5.41) is 0. The van der Waals surface area contributed by atoms with E-state index in [1.165, 1.54) is 47.8 Å². The molecule has 0 saturated carbocycles. The van der Waals surface area contributed by atoms with Crippen molar-refractivity contribution in [2.24, 2.45) is 0 Å². The van der Waals surface area contributed by atoms with E-state index >= 15 is 26.3 Å². The molecule has 2 heterocycles. The van der Waals surface area contributed by atoms with E-state index in [1.807, 2.05) is 0 Å². The zero-order chi connectivity index (χ0) is 29.1. The molecule has 208 valence electrons. The Morgan fingerprint density at radius 3 is 1.22 bits per heavy atom. The zero-order valence-corrected chi connectivity index (χ0v) is 23.7. The number of nitrogens with zero attached hydrogens (tertiary/aromatic N) is 2. The van der Waals surface area contributed by atoms with Gasteiger partial charge in [-0.2, -0.15) is 0 Å². The van der Waals surface area contributed by atoms with Crippen molar-refractivity contribution in [3.05, 3.63) is 139 Å². The molecule has 6 rings (SSSR count). The number of hydrogen-bond acceptors (Lipinski definition) is 0. The molecule has 2 nitrogen and oxygen atoms in total.